The topological polar surface area (TPSA) is 19.6 Å². The van der Waals surface area contributed by atoms with Crippen molar-refractivity contribution < 1.29 is 4.42 Å². The van der Waals surface area contributed by atoms with Crippen molar-refractivity contribution in [3.63, 3.8) is 0 Å². The van der Waals surface area contributed by atoms with Crippen LogP contribution in [-0.2, 0) is 27.1 Å². The third-order valence-corrected chi connectivity index (χ3v) is 16.4. The molecule has 3 heterocycles. The molecule has 0 radical (unpaired) electrons. The standard InChI is InChI=1S/C61H61BN2O/c1-35-27-51-56-52(28-35)64(49-32-42-41(29-36(49)2)58(6,7)34-59(42,8)9)50-33-44-43(60(10,11)39-20-15-16-21-40(39)61(44,12)13)31-46(50)62(56)45-30-37(57(3,4)5)25-26-47(45)63(51)48-22-18-24-54-55(48)38-19-14-17-23-53(38)65-54/h14-33H,34H2,1-13H3. The first-order valence-corrected chi connectivity index (χ1v) is 23.9. The Morgan fingerprint density at radius 1 is 0.492 bits per heavy atom. The second-order valence-electron chi connectivity index (χ2n) is 23.5. The Labute approximate surface area is 386 Å². The second kappa shape index (κ2) is 12.9. The Hall–Kier alpha value is -6.00. The quantitative estimate of drug-likeness (QED) is 0.162. The summed E-state index contributed by atoms with van der Waals surface area (Å²) < 4.78 is 6.61. The van der Waals surface area contributed by atoms with Crippen LogP contribution in [0.1, 0.15) is 133 Å². The molecule has 0 N–H and O–H groups in total. The first-order valence-electron chi connectivity index (χ1n) is 23.9. The molecule has 2 aliphatic carbocycles. The van der Waals surface area contributed by atoms with Gasteiger partial charge in [-0.2, -0.15) is 0 Å². The van der Waals surface area contributed by atoms with Crippen molar-refractivity contribution in [2.45, 2.75) is 124 Å². The second-order valence-corrected chi connectivity index (χ2v) is 23.5. The lowest BCUT2D eigenvalue weighted by molar-refractivity contribution is 0.403. The van der Waals surface area contributed by atoms with Crippen LogP contribution in [0.25, 0.3) is 21.9 Å². The molecule has 7 aromatic carbocycles. The summed E-state index contributed by atoms with van der Waals surface area (Å²) >= 11 is 0. The van der Waals surface area contributed by atoms with Crippen molar-refractivity contribution in [3.8, 4) is 0 Å². The lowest BCUT2D eigenvalue weighted by atomic mass is 9.33. The van der Waals surface area contributed by atoms with Gasteiger partial charge in [0.05, 0.1) is 11.1 Å². The molecule has 0 atom stereocenters. The van der Waals surface area contributed by atoms with Crippen LogP contribution in [0.3, 0.4) is 0 Å². The molecule has 3 nitrogen and oxygen atoms in total. The number of fused-ring (bicyclic) bond motifs is 10. The molecule has 4 heteroatoms. The fraction of sp³-hybridized carbons (Fsp3) is 0.311. The van der Waals surface area contributed by atoms with Crippen LogP contribution in [0.2, 0.25) is 0 Å². The highest BCUT2D eigenvalue weighted by atomic mass is 16.3. The summed E-state index contributed by atoms with van der Waals surface area (Å²) in [7, 11) is 0. The largest absolute Gasteiger partial charge is 0.456 e. The maximum Gasteiger partial charge on any atom is 0.252 e. The fourth-order valence-electron chi connectivity index (χ4n) is 13.4. The first kappa shape index (κ1) is 40.5. The Morgan fingerprint density at radius 2 is 1.06 bits per heavy atom. The number of hydrogen-bond acceptors (Lipinski definition) is 3. The third kappa shape index (κ3) is 5.43. The number of rotatable bonds is 2. The SMILES string of the molecule is Cc1cc2c3c(c1)N(c1cccc4oc5ccccc5c14)c1ccc(C(C)(C)C)cc1B3c1cc3c(cc1N2c1cc2c(cc1C)C(C)(C)CC2(C)C)C(C)(C)c1ccccc1C3(C)C. The van der Waals surface area contributed by atoms with E-state index in [0.29, 0.717) is 0 Å². The molecule has 0 fully saturated rings. The zero-order valence-corrected chi connectivity index (χ0v) is 40.6. The van der Waals surface area contributed by atoms with Gasteiger partial charge in [0, 0.05) is 44.7 Å². The molecular weight excluding hydrogens is 787 g/mol. The molecule has 8 aromatic rings. The Balaban J connectivity index is 1.23. The highest BCUT2D eigenvalue weighted by molar-refractivity contribution is 7.00. The Bertz CT molecular complexity index is 3390. The molecular formula is C61H61BN2O. The van der Waals surface area contributed by atoms with Crippen molar-refractivity contribution >= 4 is 79.2 Å². The van der Waals surface area contributed by atoms with E-state index in [2.05, 4.69) is 221 Å². The fourth-order valence-corrected chi connectivity index (χ4v) is 13.4. The van der Waals surface area contributed by atoms with Crippen LogP contribution in [0, 0.1) is 13.8 Å². The smallest absolute Gasteiger partial charge is 0.252 e. The monoisotopic (exact) mass is 848 g/mol. The summed E-state index contributed by atoms with van der Waals surface area (Å²) in [5.74, 6) is 0. The van der Waals surface area contributed by atoms with Crippen LogP contribution in [0.15, 0.2) is 126 Å². The maximum absolute atomic E-state index is 6.61. The molecule has 12 rings (SSSR count). The van der Waals surface area contributed by atoms with Gasteiger partial charge in [-0.25, -0.2) is 0 Å². The van der Waals surface area contributed by atoms with Gasteiger partial charge in [0.25, 0.3) is 6.71 Å². The third-order valence-electron chi connectivity index (χ3n) is 16.4. The summed E-state index contributed by atoms with van der Waals surface area (Å²) in [5.41, 5.74) is 25.6. The number of furan rings is 1. The summed E-state index contributed by atoms with van der Waals surface area (Å²) in [4.78, 5) is 5.28. The van der Waals surface area contributed by atoms with E-state index >= 15 is 0 Å². The van der Waals surface area contributed by atoms with Crippen molar-refractivity contribution in [3.05, 3.63) is 171 Å². The summed E-state index contributed by atoms with van der Waals surface area (Å²) in [6, 6.07) is 47.1. The number of aryl methyl sites for hydroxylation is 2. The molecule has 1 aromatic heterocycles. The first-order chi connectivity index (χ1) is 30.7. The van der Waals surface area contributed by atoms with Gasteiger partial charge >= 0.3 is 0 Å². The molecule has 65 heavy (non-hydrogen) atoms. The van der Waals surface area contributed by atoms with Gasteiger partial charge in [-0.05, 0) is 152 Å². The molecule has 0 spiro atoms. The van der Waals surface area contributed by atoms with Crippen LogP contribution in [0.5, 0.6) is 0 Å². The highest BCUT2D eigenvalue weighted by Gasteiger charge is 2.49. The van der Waals surface area contributed by atoms with E-state index < -0.39 is 0 Å². The van der Waals surface area contributed by atoms with E-state index in [1.807, 2.05) is 0 Å². The number of benzene rings is 7. The van der Waals surface area contributed by atoms with Crippen molar-refractivity contribution in [1.29, 1.82) is 0 Å². The van der Waals surface area contributed by atoms with Gasteiger partial charge in [-0.15, -0.1) is 0 Å². The predicted molar refractivity (Wildman–Crippen MR) is 277 cm³/mol. The van der Waals surface area contributed by atoms with Crippen molar-refractivity contribution in [1.82, 2.24) is 0 Å². The van der Waals surface area contributed by atoms with Crippen molar-refractivity contribution in [2.24, 2.45) is 0 Å². The zero-order chi connectivity index (χ0) is 45.5. The molecule has 0 saturated carbocycles. The van der Waals surface area contributed by atoms with Gasteiger partial charge in [-0.3, -0.25) is 0 Å². The van der Waals surface area contributed by atoms with E-state index in [4.69, 9.17) is 4.42 Å². The van der Waals surface area contributed by atoms with Crippen LogP contribution < -0.4 is 26.2 Å². The molecule has 2 aliphatic heterocycles. The van der Waals surface area contributed by atoms with E-state index in [0.717, 1.165) is 34.0 Å². The average molecular weight is 849 g/mol. The maximum atomic E-state index is 6.61. The van der Waals surface area contributed by atoms with Crippen molar-refractivity contribution in [2.75, 3.05) is 9.80 Å². The molecule has 0 unspecified atom stereocenters. The van der Waals surface area contributed by atoms with Gasteiger partial charge in [0.15, 0.2) is 0 Å². The highest BCUT2D eigenvalue weighted by Crippen LogP contribution is 2.56. The molecule has 0 bridgehead atoms. The molecule has 324 valence electrons. The van der Waals surface area contributed by atoms with E-state index in [-0.39, 0.29) is 33.8 Å². The molecule has 4 aliphatic rings. The van der Waals surface area contributed by atoms with E-state index in [1.54, 1.807) is 0 Å². The van der Waals surface area contributed by atoms with Crippen LogP contribution >= 0.6 is 0 Å². The summed E-state index contributed by atoms with van der Waals surface area (Å²) in [5, 5.41) is 2.28. The number of anilines is 6. The number of nitrogens with zero attached hydrogens (tertiary/aromatic N) is 2. The number of hydrogen-bond donors (Lipinski definition) is 0. The Morgan fingerprint density at radius 3 is 1.74 bits per heavy atom. The Kier molecular flexibility index (Phi) is 8.02. The summed E-state index contributed by atoms with van der Waals surface area (Å²) in [6.45, 7) is 31.3. The van der Waals surface area contributed by atoms with Gasteiger partial charge in [-0.1, -0.05) is 149 Å². The summed E-state index contributed by atoms with van der Waals surface area (Å²) in [6.07, 6.45) is 1.13. The van der Waals surface area contributed by atoms with Gasteiger partial charge in [0.1, 0.15) is 11.2 Å². The normalized spacial score (nSPS) is 18.0. The number of para-hydroxylation sites is 1. The van der Waals surface area contributed by atoms with Gasteiger partial charge in [0.2, 0.25) is 0 Å². The minimum Gasteiger partial charge on any atom is -0.456 e. The lowest BCUT2D eigenvalue weighted by Gasteiger charge is -2.48. The minimum atomic E-state index is -0.203. The van der Waals surface area contributed by atoms with E-state index in [1.165, 1.54) is 94.9 Å². The zero-order valence-electron chi connectivity index (χ0n) is 40.6. The predicted octanol–water partition coefficient (Wildman–Crippen LogP) is 14.5. The van der Waals surface area contributed by atoms with E-state index in [9.17, 15) is 0 Å². The van der Waals surface area contributed by atoms with Gasteiger partial charge < -0.3 is 14.2 Å². The van der Waals surface area contributed by atoms with Crippen LogP contribution in [0.4, 0.5) is 34.1 Å². The van der Waals surface area contributed by atoms with Crippen LogP contribution in [-0.4, -0.2) is 6.71 Å². The molecule has 0 amide bonds. The molecule has 0 saturated heterocycles. The minimum absolute atomic E-state index is 0.00723. The lowest BCUT2D eigenvalue weighted by Crippen LogP contribution is -2.62. The average Bonchev–Trinajstić information content (AvgIpc) is 3.72.